The fraction of sp³-hybridized carbons (Fsp3) is 0.367. The van der Waals surface area contributed by atoms with E-state index in [-0.39, 0.29) is 17.2 Å². The van der Waals surface area contributed by atoms with Gasteiger partial charge in [-0.05, 0) is 98.3 Å². The molecule has 194 valence electrons. The summed E-state index contributed by atoms with van der Waals surface area (Å²) in [5.74, 6) is 1.69. The molecule has 2 aromatic carbocycles. The molecule has 0 spiro atoms. The van der Waals surface area contributed by atoms with Gasteiger partial charge in [0, 0.05) is 34.2 Å². The van der Waals surface area contributed by atoms with Gasteiger partial charge in [0.05, 0.1) is 10.3 Å². The summed E-state index contributed by atoms with van der Waals surface area (Å²) in [5.41, 5.74) is 5.79. The van der Waals surface area contributed by atoms with Crippen LogP contribution in [0.25, 0.3) is 17.0 Å². The monoisotopic (exact) mass is 561 g/mol. The zero-order valence-electron chi connectivity index (χ0n) is 20.9. The van der Waals surface area contributed by atoms with Gasteiger partial charge in [-0.25, -0.2) is 0 Å². The molecule has 8 heteroatoms. The van der Waals surface area contributed by atoms with Crippen molar-refractivity contribution in [1.29, 1.82) is 0 Å². The van der Waals surface area contributed by atoms with Crippen LogP contribution in [0.3, 0.4) is 0 Å². The summed E-state index contributed by atoms with van der Waals surface area (Å²) in [7, 11) is 0. The lowest BCUT2D eigenvalue weighted by molar-refractivity contribution is -0.152. The minimum atomic E-state index is -0.336. The SMILES string of the molecule is O=C1/C(=C/c2cn(Cc3ccc(Cl)cc3)c3ccccc23)SC(=S)N1NC(=O)C12CC3CC(CC(C3)C1)C2. The Labute approximate surface area is 236 Å². The molecule has 0 unspecified atom stereocenters. The Morgan fingerprint density at radius 1 is 1.05 bits per heavy atom. The second-order valence-corrected chi connectivity index (χ2v) is 13.6. The van der Waals surface area contributed by atoms with Gasteiger partial charge < -0.3 is 4.57 Å². The molecule has 1 N–H and O–H groups in total. The number of hydrogen-bond donors (Lipinski definition) is 1. The van der Waals surface area contributed by atoms with Crippen molar-refractivity contribution >= 4 is 68.7 Å². The number of carbonyl (C=O) groups excluding carboxylic acids is 2. The predicted molar refractivity (Wildman–Crippen MR) is 156 cm³/mol. The summed E-state index contributed by atoms with van der Waals surface area (Å²) < 4.78 is 2.56. The molecule has 1 saturated heterocycles. The zero-order chi connectivity index (χ0) is 26.0. The maximum Gasteiger partial charge on any atom is 0.285 e. The van der Waals surface area contributed by atoms with Gasteiger partial charge in [0.25, 0.3) is 5.91 Å². The Hall–Kier alpha value is -2.61. The molecular formula is C30H28ClN3O2S2. The lowest BCUT2D eigenvalue weighted by atomic mass is 9.49. The summed E-state index contributed by atoms with van der Waals surface area (Å²) in [5, 5.41) is 3.08. The van der Waals surface area contributed by atoms with Crippen LogP contribution in [0, 0.1) is 23.2 Å². The van der Waals surface area contributed by atoms with Gasteiger partial charge in [0.1, 0.15) is 0 Å². The highest BCUT2D eigenvalue weighted by Gasteiger charge is 2.55. The molecule has 2 heterocycles. The van der Waals surface area contributed by atoms with E-state index in [1.54, 1.807) is 0 Å². The van der Waals surface area contributed by atoms with Crippen LogP contribution in [0.15, 0.2) is 59.6 Å². The molecule has 5 fully saturated rings. The number of para-hydroxylation sites is 1. The van der Waals surface area contributed by atoms with Gasteiger partial charge in [-0.2, -0.15) is 5.01 Å². The second kappa shape index (κ2) is 9.25. The Bertz CT molecular complexity index is 1470. The number of benzene rings is 2. The summed E-state index contributed by atoms with van der Waals surface area (Å²) in [6, 6.07) is 16.0. The van der Waals surface area contributed by atoms with Crippen molar-refractivity contribution < 1.29 is 9.59 Å². The third kappa shape index (κ3) is 4.19. The third-order valence-corrected chi connectivity index (χ3v) is 10.5. The number of hydrazine groups is 1. The molecule has 0 atom stereocenters. The molecule has 38 heavy (non-hydrogen) atoms. The number of rotatable bonds is 5. The van der Waals surface area contributed by atoms with Gasteiger partial charge >= 0.3 is 0 Å². The molecule has 5 aliphatic rings. The van der Waals surface area contributed by atoms with Crippen LogP contribution >= 0.6 is 35.6 Å². The maximum absolute atomic E-state index is 13.6. The number of carbonyl (C=O) groups is 2. The van der Waals surface area contributed by atoms with Gasteiger partial charge in [0.15, 0.2) is 4.32 Å². The maximum atomic E-state index is 13.6. The van der Waals surface area contributed by atoms with Gasteiger partial charge in [-0.3, -0.25) is 15.0 Å². The topological polar surface area (TPSA) is 54.3 Å². The van der Waals surface area contributed by atoms with Crippen LogP contribution in [-0.4, -0.2) is 25.7 Å². The molecule has 5 nitrogen and oxygen atoms in total. The van der Waals surface area contributed by atoms with E-state index in [0.29, 0.717) is 38.5 Å². The number of thioether (sulfide) groups is 1. The van der Waals surface area contributed by atoms with E-state index in [1.165, 1.54) is 36.0 Å². The number of nitrogens with one attached hydrogen (secondary N) is 1. The molecule has 2 amide bonds. The van der Waals surface area contributed by atoms with E-state index in [4.69, 9.17) is 23.8 Å². The summed E-state index contributed by atoms with van der Waals surface area (Å²) >= 11 is 12.9. The number of amides is 2. The Kier molecular flexibility index (Phi) is 5.95. The van der Waals surface area contributed by atoms with Gasteiger partial charge in [-0.1, -0.05) is 53.7 Å². The first kappa shape index (κ1) is 24.4. The van der Waals surface area contributed by atoms with Crippen LogP contribution < -0.4 is 5.43 Å². The number of halogens is 1. The average Bonchev–Trinajstić information content (AvgIpc) is 3.36. The van der Waals surface area contributed by atoms with Crippen LogP contribution in [0.5, 0.6) is 0 Å². The number of nitrogens with zero attached hydrogens (tertiary/aromatic N) is 2. The lowest BCUT2D eigenvalue weighted by Gasteiger charge is -2.55. The number of aromatic nitrogens is 1. The van der Waals surface area contributed by atoms with Crippen molar-refractivity contribution in [1.82, 2.24) is 15.0 Å². The Morgan fingerprint density at radius 3 is 2.39 bits per heavy atom. The van der Waals surface area contributed by atoms with Crippen molar-refractivity contribution in [2.24, 2.45) is 23.2 Å². The third-order valence-electron chi connectivity index (χ3n) is 8.90. The van der Waals surface area contributed by atoms with E-state index in [9.17, 15) is 9.59 Å². The van der Waals surface area contributed by atoms with E-state index in [1.807, 2.05) is 42.5 Å². The molecule has 4 bridgehead atoms. The standard InChI is InChI=1S/C30H28ClN3O2S2/c31-23-7-5-18(6-8-23)16-33-17-22(24-3-1-2-4-25(24)33)12-26-27(35)34(29(37)38-26)32-28(36)30-13-19-9-20(14-30)11-21(10-19)15-30/h1-8,12,17,19-21H,9-11,13-16H2,(H,32,36)/b26-12-. The summed E-state index contributed by atoms with van der Waals surface area (Å²) in [6.07, 6.45) is 10.6. The minimum absolute atomic E-state index is 0.0197. The van der Waals surface area contributed by atoms with E-state index in [2.05, 4.69) is 28.3 Å². The van der Waals surface area contributed by atoms with Crippen molar-refractivity contribution in [3.8, 4) is 0 Å². The molecule has 0 radical (unpaired) electrons. The predicted octanol–water partition coefficient (Wildman–Crippen LogP) is 6.79. The van der Waals surface area contributed by atoms with Crippen LogP contribution in [0.2, 0.25) is 5.02 Å². The van der Waals surface area contributed by atoms with Crippen molar-refractivity contribution in [3.05, 3.63) is 75.8 Å². The van der Waals surface area contributed by atoms with E-state index < -0.39 is 0 Å². The highest BCUT2D eigenvalue weighted by Crippen LogP contribution is 2.60. The number of hydrogen-bond acceptors (Lipinski definition) is 4. The van der Waals surface area contributed by atoms with Crippen molar-refractivity contribution in [2.45, 2.75) is 45.1 Å². The largest absolute Gasteiger partial charge is 0.342 e. The molecular weight excluding hydrogens is 534 g/mol. The first-order valence-electron chi connectivity index (χ1n) is 13.3. The molecule has 1 aliphatic heterocycles. The summed E-state index contributed by atoms with van der Waals surface area (Å²) in [6.45, 7) is 0.688. The number of thiocarbonyl (C=S) groups is 1. The van der Waals surface area contributed by atoms with Gasteiger partial charge in [0.2, 0.25) is 5.91 Å². The highest BCUT2D eigenvalue weighted by atomic mass is 35.5. The molecule has 8 rings (SSSR count). The average molecular weight is 562 g/mol. The smallest absolute Gasteiger partial charge is 0.285 e. The Balaban J connectivity index is 1.14. The number of fused-ring (bicyclic) bond motifs is 1. The Morgan fingerprint density at radius 2 is 1.71 bits per heavy atom. The zero-order valence-corrected chi connectivity index (χ0v) is 23.2. The molecule has 3 aromatic rings. The van der Waals surface area contributed by atoms with Crippen molar-refractivity contribution in [3.63, 3.8) is 0 Å². The molecule has 4 aliphatic carbocycles. The van der Waals surface area contributed by atoms with Crippen LogP contribution in [-0.2, 0) is 16.1 Å². The first-order chi connectivity index (χ1) is 18.4. The second-order valence-electron chi connectivity index (χ2n) is 11.5. The summed E-state index contributed by atoms with van der Waals surface area (Å²) in [4.78, 5) is 27.6. The quantitative estimate of drug-likeness (QED) is 0.275. The minimum Gasteiger partial charge on any atom is -0.342 e. The normalized spacial score (nSPS) is 29.1. The first-order valence-corrected chi connectivity index (χ1v) is 14.9. The fourth-order valence-electron chi connectivity index (χ4n) is 7.62. The van der Waals surface area contributed by atoms with Crippen LogP contribution in [0.1, 0.15) is 49.7 Å². The fourth-order valence-corrected chi connectivity index (χ4v) is 8.92. The molecule has 1 aromatic heterocycles. The van der Waals surface area contributed by atoms with E-state index in [0.717, 1.165) is 41.3 Å². The highest BCUT2D eigenvalue weighted by molar-refractivity contribution is 8.26. The lowest BCUT2D eigenvalue weighted by Crippen LogP contribution is -2.57. The van der Waals surface area contributed by atoms with Gasteiger partial charge in [-0.15, -0.1) is 0 Å². The van der Waals surface area contributed by atoms with E-state index >= 15 is 0 Å². The van der Waals surface area contributed by atoms with Crippen LogP contribution in [0.4, 0.5) is 0 Å². The van der Waals surface area contributed by atoms with Crippen molar-refractivity contribution in [2.75, 3.05) is 0 Å². The molecule has 4 saturated carbocycles.